The molecule has 0 aromatic rings. The molecular weight excluding hydrogens is 258 g/mol. The van der Waals surface area contributed by atoms with Crippen LogP contribution in [0.3, 0.4) is 0 Å². The van der Waals surface area contributed by atoms with E-state index in [9.17, 15) is 9.59 Å². The Bertz CT molecular complexity index is 369. The number of likely N-dealkylation sites (tertiary alicyclic amines) is 1. The molecule has 2 rings (SSSR count). The Hall–Kier alpha value is -1.10. The van der Waals surface area contributed by atoms with Gasteiger partial charge in [-0.15, -0.1) is 0 Å². The molecule has 1 N–H and O–H groups in total. The van der Waals surface area contributed by atoms with Crippen LogP contribution in [0.4, 0.5) is 0 Å². The van der Waals surface area contributed by atoms with Crippen LogP contribution in [0.15, 0.2) is 0 Å². The number of hydrogen-bond donors (Lipinski definition) is 1. The SMILES string of the molecule is CC(C)CC1CCCCN1C(=O)[C@@H]1CC[C@H](C(=O)O)O1. The second-order valence-corrected chi connectivity index (χ2v) is 6.34. The van der Waals surface area contributed by atoms with Gasteiger partial charge in [-0.2, -0.15) is 0 Å². The predicted octanol–water partition coefficient (Wildman–Crippen LogP) is 2.05. The van der Waals surface area contributed by atoms with Crippen molar-refractivity contribution in [2.24, 2.45) is 5.92 Å². The normalized spacial score (nSPS) is 30.8. The fraction of sp³-hybridized carbons (Fsp3) is 0.867. The van der Waals surface area contributed by atoms with Crippen LogP contribution in [-0.2, 0) is 14.3 Å². The molecule has 1 amide bonds. The number of hydrogen-bond acceptors (Lipinski definition) is 3. The van der Waals surface area contributed by atoms with E-state index < -0.39 is 18.2 Å². The molecule has 0 aromatic heterocycles. The van der Waals surface area contributed by atoms with Gasteiger partial charge >= 0.3 is 5.97 Å². The van der Waals surface area contributed by atoms with Gasteiger partial charge in [-0.1, -0.05) is 13.8 Å². The Morgan fingerprint density at radius 1 is 1.20 bits per heavy atom. The highest BCUT2D eigenvalue weighted by Gasteiger charge is 2.39. The maximum Gasteiger partial charge on any atom is 0.332 e. The number of ether oxygens (including phenoxy) is 1. The quantitative estimate of drug-likeness (QED) is 0.857. The van der Waals surface area contributed by atoms with Crippen LogP contribution in [0.2, 0.25) is 0 Å². The highest BCUT2D eigenvalue weighted by Crippen LogP contribution is 2.27. The highest BCUT2D eigenvalue weighted by atomic mass is 16.5. The first-order chi connectivity index (χ1) is 9.49. The molecule has 3 atom stereocenters. The summed E-state index contributed by atoms with van der Waals surface area (Å²) in [7, 11) is 0. The molecule has 2 aliphatic heterocycles. The van der Waals surface area contributed by atoms with Gasteiger partial charge in [0.25, 0.3) is 5.91 Å². The molecule has 0 aliphatic carbocycles. The molecule has 2 aliphatic rings. The molecule has 0 saturated carbocycles. The number of carboxylic acid groups (broad SMARTS) is 1. The lowest BCUT2D eigenvalue weighted by Gasteiger charge is -2.38. The van der Waals surface area contributed by atoms with Crippen molar-refractivity contribution in [3.63, 3.8) is 0 Å². The molecule has 114 valence electrons. The lowest BCUT2D eigenvalue weighted by molar-refractivity contribution is -0.156. The Morgan fingerprint density at radius 2 is 1.90 bits per heavy atom. The first-order valence-corrected chi connectivity index (χ1v) is 7.67. The molecule has 5 nitrogen and oxygen atoms in total. The molecule has 1 unspecified atom stereocenters. The molecule has 2 saturated heterocycles. The fourth-order valence-electron chi connectivity index (χ4n) is 3.27. The Morgan fingerprint density at radius 3 is 2.50 bits per heavy atom. The number of nitrogens with zero attached hydrogens (tertiary/aromatic N) is 1. The van der Waals surface area contributed by atoms with E-state index in [0.29, 0.717) is 24.8 Å². The molecule has 2 heterocycles. The zero-order valence-corrected chi connectivity index (χ0v) is 12.4. The monoisotopic (exact) mass is 283 g/mol. The Kier molecular flexibility index (Phi) is 5.02. The van der Waals surface area contributed by atoms with E-state index in [1.807, 2.05) is 4.90 Å². The number of aliphatic carboxylic acids is 1. The standard InChI is InChI=1S/C15H25NO4/c1-10(2)9-11-5-3-4-8-16(11)14(17)12-6-7-13(20-12)15(18)19/h10-13H,3-9H2,1-2H3,(H,18,19)/t11?,12-,13+/m0/s1. The van der Waals surface area contributed by atoms with Crippen LogP contribution in [0.1, 0.15) is 52.4 Å². The van der Waals surface area contributed by atoms with Gasteiger partial charge in [-0.05, 0) is 44.4 Å². The largest absolute Gasteiger partial charge is 0.479 e. The summed E-state index contributed by atoms with van der Waals surface area (Å²) < 4.78 is 5.40. The summed E-state index contributed by atoms with van der Waals surface area (Å²) in [5.41, 5.74) is 0. The highest BCUT2D eigenvalue weighted by molar-refractivity contribution is 5.83. The second kappa shape index (κ2) is 6.57. The summed E-state index contributed by atoms with van der Waals surface area (Å²) in [6, 6.07) is 0.295. The third-order valence-corrected chi connectivity index (χ3v) is 4.22. The van der Waals surface area contributed by atoms with Crippen molar-refractivity contribution in [2.45, 2.75) is 70.6 Å². The average molecular weight is 283 g/mol. The van der Waals surface area contributed by atoms with Crippen molar-refractivity contribution in [1.82, 2.24) is 4.90 Å². The lowest BCUT2D eigenvalue weighted by atomic mass is 9.93. The summed E-state index contributed by atoms with van der Waals surface area (Å²) in [6.07, 6.45) is 3.88. The number of piperidine rings is 1. The van der Waals surface area contributed by atoms with Gasteiger partial charge in [0.05, 0.1) is 0 Å². The molecule has 20 heavy (non-hydrogen) atoms. The number of carbonyl (C=O) groups is 2. The molecule has 5 heteroatoms. The molecule has 0 aromatic carbocycles. The van der Waals surface area contributed by atoms with Crippen LogP contribution in [-0.4, -0.2) is 46.7 Å². The van der Waals surface area contributed by atoms with Crippen LogP contribution in [0, 0.1) is 5.92 Å². The van der Waals surface area contributed by atoms with Gasteiger partial charge in [-0.25, -0.2) is 4.79 Å². The van der Waals surface area contributed by atoms with E-state index in [1.165, 1.54) is 6.42 Å². The summed E-state index contributed by atoms with van der Waals surface area (Å²) in [5.74, 6) is -0.401. The van der Waals surface area contributed by atoms with Crippen LogP contribution in [0.5, 0.6) is 0 Å². The maximum absolute atomic E-state index is 12.6. The number of rotatable bonds is 4. The first kappa shape index (κ1) is 15.3. The third kappa shape index (κ3) is 3.51. The zero-order valence-electron chi connectivity index (χ0n) is 12.4. The molecular formula is C15H25NO4. The number of carbonyl (C=O) groups excluding carboxylic acids is 1. The van der Waals surface area contributed by atoms with E-state index in [0.717, 1.165) is 25.8 Å². The van der Waals surface area contributed by atoms with Crippen molar-refractivity contribution in [1.29, 1.82) is 0 Å². The molecule has 2 fully saturated rings. The van der Waals surface area contributed by atoms with E-state index in [2.05, 4.69) is 13.8 Å². The second-order valence-electron chi connectivity index (χ2n) is 6.34. The molecule has 0 spiro atoms. The van der Waals surface area contributed by atoms with Gasteiger partial charge < -0.3 is 14.7 Å². The van der Waals surface area contributed by atoms with Crippen molar-refractivity contribution >= 4 is 11.9 Å². The minimum atomic E-state index is -0.960. The van der Waals surface area contributed by atoms with Crippen molar-refractivity contribution in [3.8, 4) is 0 Å². The van der Waals surface area contributed by atoms with Gasteiger partial charge in [0.15, 0.2) is 6.10 Å². The average Bonchev–Trinajstić information content (AvgIpc) is 2.87. The van der Waals surface area contributed by atoms with Gasteiger partial charge in [0.2, 0.25) is 0 Å². The van der Waals surface area contributed by atoms with E-state index in [1.54, 1.807) is 0 Å². The smallest absolute Gasteiger partial charge is 0.332 e. The van der Waals surface area contributed by atoms with Gasteiger partial charge in [0, 0.05) is 12.6 Å². The van der Waals surface area contributed by atoms with Crippen LogP contribution in [0.25, 0.3) is 0 Å². The van der Waals surface area contributed by atoms with Gasteiger partial charge in [0.1, 0.15) is 6.10 Å². The third-order valence-electron chi connectivity index (χ3n) is 4.22. The molecule has 0 radical (unpaired) electrons. The molecule has 0 bridgehead atoms. The Labute approximate surface area is 120 Å². The number of amides is 1. The fourth-order valence-corrected chi connectivity index (χ4v) is 3.27. The lowest BCUT2D eigenvalue weighted by Crippen LogP contribution is -2.48. The zero-order chi connectivity index (χ0) is 14.7. The van der Waals surface area contributed by atoms with Gasteiger partial charge in [-0.3, -0.25) is 4.79 Å². The van der Waals surface area contributed by atoms with Crippen LogP contribution < -0.4 is 0 Å². The minimum Gasteiger partial charge on any atom is -0.479 e. The van der Waals surface area contributed by atoms with E-state index in [4.69, 9.17) is 9.84 Å². The van der Waals surface area contributed by atoms with Crippen molar-refractivity contribution in [2.75, 3.05) is 6.54 Å². The first-order valence-electron chi connectivity index (χ1n) is 7.67. The summed E-state index contributed by atoms with van der Waals surface area (Å²) in [6.45, 7) is 5.13. The van der Waals surface area contributed by atoms with Crippen LogP contribution >= 0.6 is 0 Å². The topological polar surface area (TPSA) is 66.8 Å². The van der Waals surface area contributed by atoms with Crippen molar-refractivity contribution < 1.29 is 19.4 Å². The summed E-state index contributed by atoms with van der Waals surface area (Å²) in [5, 5.41) is 8.94. The van der Waals surface area contributed by atoms with E-state index >= 15 is 0 Å². The van der Waals surface area contributed by atoms with Crippen molar-refractivity contribution in [3.05, 3.63) is 0 Å². The number of carboxylic acids is 1. The minimum absolute atomic E-state index is 0.000833. The summed E-state index contributed by atoms with van der Waals surface area (Å²) >= 11 is 0. The Balaban J connectivity index is 1.97. The summed E-state index contributed by atoms with van der Waals surface area (Å²) in [4.78, 5) is 25.4. The maximum atomic E-state index is 12.6. The predicted molar refractivity (Wildman–Crippen MR) is 74.3 cm³/mol. The van der Waals surface area contributed by atoms with E-state index in [-0.39, 0.29) is 5.91 Å².